The number of aryl methyl sites for hydroxylation is 1. The lowest BCUT2D eigenvalue weighted by atomic mass is 10.1. The van der Waals surface area contributed by atoms with Gasteiger partial charge in [0, 0.05) is 35.3 Å². The van der Waals surface area contributed by atoms with Crippen LogP contribution >= 0.6 is 11.3 Å². The molecule has 0 bridgehead atoms. The summed E-state index contributed by atoms with van der Waals surface area (Å²) in [6.07, 6.45) is 4.46. The minimum Gasteiger partial charge on any atom is -0.495 e. The van der Waals surface area contributed by atoms with Crippen LogP contribution in [-0.2, 0) is 4.79 Å². The maximum atomic E-state index is 12.4. The number of anilines is 1. The second kappa shape index (κ2) is 7.63. The van der Waals surface area contributed by atoms with Gasteiger partial charge in [0.2, 0.25) is 5.91 Å². The fourth-order valence-corrected chi connectivity index (χ4v) is 5.69. The zero-order chi connectivity index (χ0) is 22.6. The quantitative estimate of drug-likeness (QED) is 0.464. The molecule has 1 amide bonds. The van der Waals surface area contributed by atoms with Crippen molar-refractivity contribution in [3.05, 3.63) is 48.4 Å². The molecule has 1 fully saturated rings. The van der Waals surface area contributed by atoms with Gasteiger partial charge in [-0.2, -0.15) is 0 Å². The number of methoxy groups -OCH3 is 1. The zero-order valence-electron chi connectivity index (χ0n) is 18.4. The van der Waals surface area contributed by atoms with Crippen LogP contribution in [0.3, 0.4) is 0 Å². The monoisotopic (exact) mass is 447 g/mol. The Kier molecular flexibility index (Phi) is 4.89. The molecule has 0 aliphatic carbocycles. The van der Waals surface area contributed by atoms with E-state index in [-0.39, 0.29) is 11.9 Å². The third-order valence-corrected chi connectivity index (χ3v) is 7.26. The summed E-state index contributed by atoms with van der Waals surface area (Å²) in [5.74, 6) is 1.33. The molecule has 1 aliphatic rings. The van der Waals surface area contributed by atoms with Gasteiger partial charge in [0.05, 0.1) is 23.2 Å². The molecule has 7 nitrogen and oxygen atoms in total. The van der Waals surface area contributed by atoms with Gasteiger partial charge >= 0.3 is 0 Å². The van der Waals surface area contributed by atoms with Crippen LogP contribution in [0.15, 0.2) is 42.9 Å². The molecule has 2 N–H and O–H groups in total. The number of rotatable bonds is 4. The molecular formula is C24H25N5O2S. The normalized spacial score (nSPS) is 16.2. The standard InChI is InChI=1S/C24H25N5O2S/c1-13(2)24(30)28-6-5-16(10-28)29-11-17(20-22(25)26-12-27-23(20)29)19-9-15-7-14(3)8-18(31-4)21(15)32-19/h7-9,11-12,16H,1,5-6,10H2,2-4H3,(H2,25,26,27). The number of thiophene rings is 1. The number of likely N-dealkylation sites (tertiary alicyclic amines) is 1. The molecule has 4 aromatic rings. The highest BCUT2D eigenvalue weighted by Gasteiger charge is 2.30. The SMILES string of the molecule is C=C(C)C(=O)N1CCC(n2cc(-c3cc4cc(C)cc(OC)c4s3)c3c(N)ncnc32)C1. The number of hydrogen-bond donors (Lipinski definition) is 1. The summed E-state index contributed by atoms with van der Waals surface area (Å²) >= 11 is 1.67. The molecule has 0 radical (unpaired) electrons. The minimum absolute atomic E-state index is 0.00490. The van der Waals surface area contributed by atoms with Crippen LogP contribution in [0.5, 0.6) is 5.75 Å². The van der Waals surface area contributed by atoms with Crippen molar-refractivity contribution in [2.75, 3.05) is 25.9 Å². The molecule has 3 aromatic heterocycles. The van der Waals surface area contributed by atoms with E-state index in [1.54, 1.807) is 25.4 Å². The molecule has 32 heavy (non-hydrogen) atoms. The highest BCUT2D eigenvalue weighted by molar-refractivity contribution is 7.22. The smallest absolute Gasteiger partial charge is 0.248 e. The molecular weight excluding hydrogens is 422 g/mol. The highest BCUT2D eigenvalue weighted by Crippen LogP contribution is 2.43. The number of nitrogen functional groups attached to an aromatic ring is 1. The fourth-order valence-electron chi connectivity index (χ4n) is 4.55. The van der Waals surface area contributed by atoms with E-state index < -0.39 is 0 Å². The van der Waals surface area contributed by atoms with Crippen molar-refractivity contribution >= 4 is 44.2 Å². The number of carbonyl (C=O) groups excluding carboxylic acids is 1. The summed E-state index contributed by atoms with van der Waals surface area (Å²) in [7, 11) is 1.70. The molecule has 4 heterocycles. The average Bonchev–Trinajstić information content (AvgIpc) is 3.48. The van der Waals surface area contributed by atoms with Crippen molar-refractivity contribution in [2.45, 2.75) is 26.3 Å². The Balaban J connectivity index is 1.64. The summed E-state index contributed by atoms with van der Waals surface area (Å²) in [4.78, 5) is 24.2. The number of nitrogens with two attached hydrogens (primary N) is 1. The van der Waals surface area contributed by atoms with Crippen LogP contribution < -0.4 is 10.5 Å². The summed E-state index contributed by atoms with van der Waals surface area (Å²) in [6, 6.07) is 6.51. The van der Waals surface area contributed by atoms with Crippen LogP contribution in [0.4, 0.5) is 5.82 Å². The number of aromatic nitrogens is 3. The molecule has 1 aliphatic heterocycles. The summed E-state index contributed by atoms with van der Waals surface area (Å²) in [5.41, 5.74) is 9.84. The lowest BCUT2D eigenvalue weighted by Crippen LogP contribution is -2.29. The maximum Gasteiger partial charge on any atom is 0.248 e. The minimum atomic E-state index is 0.00490. The maximum absolute atomic E-state index is 12.4. The molecule has 1 saturated heterocycles. The highest BCUT2D eigenvalue weighted by atomic mass is 32.1. The Morgan fingerprint density at radius 1 is 1.31 bits per heavy atom. The molecule has 1 unspecified atom stereocenters. The van der Waals surface area contributed by atoms with Gasteiger partial charge in [0.1, 0.15) is 23.5 Å². The molecule has 0 saturated carbocycles. The number of hydrogen-bond acceptors (Lipinski definition) is 6. The summed E-state index contributed by atoms with van der Waals surface area (Å²) in [5, 5.41) is 1.98. The Morgan fingerprint density at radius 2 is 2.12 bits per heavy atom. The van der Waals surface area contributed by atoms with Gasteiger partial charge in [-0.15, -0.1) is 11.3 Å². The van der Waals surface area contributed by atoms with Gasteiger partial charge in [-0.05, 0) is 43.4 Å². The van der Waals surface area contributed by atoms with Gasteiger partial charge in [-0.25, -0.2) is 9.97 Å². The number of carbonyl (C=O) groups is 1. The van der Waals surface area contributed by atoms with E-state index in [9.17, 15) is 4.79 Å². The average molecular weight is 448 g/mol. The second-order valence-electron chi connectivity index (χ2n) is 8.38. The third kappa shape index (κ3) is 3.22. The summed E-state index contributed by atoms with van der Waals surface area (Å²) in [6.45, 7) is 8.94. The first kappa shape index (κ1) is 20.5. The Bertz CT molecular complexity index is 1390. The number of nitrogens with zero attached hydrogens (tertiary/aromatic N) is 4. The van der Waals surface area contributed by atoms with E-state index in [2.05, 4.69) is 52.4 Å². The van der Waals surface area contributed by atoms with Crippen LogP contribution in [-0.4, -0.2) is 45.5 Å². The molecule has 1 atom stereocenters. The van der Waals surface area contributed by atoms with Gasteiger partial charge < -0.3 is 19.9 Å². The lowest BCUT2D eigenvalue weighted by molar-refractivity contribution is -0.126. The van der Waals surface area contributed by atoms with Crippen molar-refractivity contribution in [3.63, 3.8) is 0 Å². The van der Waals surface area contributed by atoms with Crippen molar-refractivity contribution in [2.24, 2.45) is 0 Å². The molecule has 164 valence electrons. The zero-order valence-corrected chi connectivity index (χ0v) is 19.2. The van der Waals surface area contributed by atoms with E-state index in [0.717, 1.165) is 49.3 Å². The Labute approximate surface area is 190 Å². The van der Waals surface area contributed by atoms with Crippen molar-refractivity contribution in [1.82, 2.24) is 19.4 Å². The van der Waals surface area contributed by atoms with E-state index >= 15 is 0 Å². The predicted molar refractivity (Wildman–Crippen MR) is 129 cm³/mol. The van der Waals surface area contributed by atoms with Crippen molar-refractivity contribution < 1.29 is 9.53 Å². The van der Waals surface area contributed by atoms with E-state index in [4.69, 9.17) is 10.5 Å². The fraction of sp³-hybridized carbons (Fsp3) is 0.292. The molecule has 8 heteroatoms. The van der Waals surface area contributed by atoms with Gasteiger partial charge in [0.25, 0.3) is 0 Å². The van der Waals surface area contributed by atoms with Crippen LogP contribution in [0.25, 0.3) is 31.6 Å². The van der Waals surface area contributed by atoms with Gasteiger partial charge in [-0.3, -0.25) is 4.79 Å². The second-order valence-corrected chi connectivity index (χ2v) is 9.43. The first-order chi connectivity index (χ1) is 15.4. The van der Waals surface area contributed by atoms with E-state index in [1.807, 2.05) is 4.90 Å². The largest absolute Gasteiger partial charge is 0.495 e. The van der Waals surface area contributed by atoms with E-state index in [0.29, 0.717) is 24.5 Å². The van der Waals surface area contributed by atoms with Gasteiger partial charge in [0.15, 0.2) is 0 Å². The number of amides is 1. The number of fused-ring (bicyclic) bond motifs is 2. The first-order valence-corrected chi connectivity index (χ1v) is 11.3. The summed E-state index contributed by atoms with van der Waals surface area (Å²) < 4.78 is 8.87. The van der Waals surface area contributed by atoms with Crippen molar-refractivity contribution in [3.8, 4) is 16.2 Å². The first-order valence-electron chi connectivity index (χ1n) is 10.5. The number of ether oxygens (including phenoxy) is 1. The van der Waals surface area contributed by atoms with E-state index in [1.165, 1.54) is 6.33 Å². The molecule has 1 aromatic carbocycles. The van der Waals surface area contributed by atoms with Gasteiger partial charge in [-0.1, -0.05) is 12.6 Å². The van der Waals surface area contributed by atoms with Crippen LogP contribution in [0.2, 0.25) is 0 Å². The molecule has 5 rings (SSSR count). The van der Waals surface area contributed by atoms with Crippen LogP contribution in [0.1, 0.15) is 24.9 Å². The predicted octanol–water partition coefficient (Wildman–Crippen LogP) is 4.56. The lowest BCUT2D eigenvalue weighted by Gasteiger charge is -2.17. The molecule has 0 spiro atoms. The Hall–Kier alpha value is -3.39. The third-order valence-electron chi connectivity index (χ3n) is 6.06. The van der Waals surface area contributed by atoms with Crippen LogP contribution in [0, 0.1) is 6.92 Å². The Morgan fingerprint density at radius 3 is 2.88 bits per heavy atom. The topological polar surface area (TPSA) is 86.3 Å². The van der Waals surface area contributed by atoms with Crippen molar-refractivity contribution in [1.29, 1.82) is 0 Å². The number of benzene rings is 1.